The molecule has 0 bridgehead atoms. The van der Waals surface area contributed by atoms with Crippen molar-refractivity contribution in [1.82, 2.24) is 0 Å². The van der Waals surface area contributed by atoms with Crippen LogP contribution in [0.3, 0.4) is 0 Å². The van der Waals surface area contributed by atoms with E-state index in [2.05, 4.69) is 0 Å². The van der Waals surface area contributed by atoms with E-state index >= 15 is 0 Å². The highest BCUT2D eigenvalue weighted by Gasteiger charge is 1.96. The van der Waals surface area contributed by atoms with Crippen LogP contribution in [0.25, 0.3) is 0 Å². The standard InChI is InChI=1S/C7H14O2/c1-6(8)4-3-5-7(2)9/h6,8H,3-5H2,1-2H3. The fraction of sp³-hybridized carbons (Fsp3) is 0.857. The van der Waals surface area contributed by atoms with Gasteiger partial charge in [0.15, 0.2) is 0 Å². The van der Waals surface area contributed by atoms with Crippen molar-refractivity contribution in [1.29, 1.82) is 0 Å². The molecule has 1 unspecified atom stereocenters. The van der Waals surface area contributed by atoms with Crippen LogP contribution in [0.5, 0.6) is 0 Å². The average molecular weight is 130 g/mol. The van der Waals surface area contributed by atoms with E-state index in [0.717, 1.165) is 12.8 Å². The molecule has 0 heterocycles. The molecule has 0 aromatic heterocycles. The quantitative estimate of drug-likeness (QED) is 0.619. The molecule has 9 heavy (non-hydrogen) atoms. The van der Waals surface area contributed by atoms with E-state index in [4.69, 9.17) is 5.11 Å². The number of carbonyl (C=O) groups is 1. The van der Waals surface area contributed by atoms with E-state index in [-0.39, 0.29) is 11.9 Å². The number of hydrogen-bond acceptors (Lipinski definition) is 2. The minimum Gasteiger partial charge on any atom is -0.393 e. The first-order valence-corrected chi connectivity index (χ1v) is 3.30. The van der Waals surface area contributed by atoms with Gasteiger partial charge in [-0.15, -0.1) is 0 Å². The Bertz CT molecular complexity index is 86.9. The Morgan fingerprint density at radius 1 is 1.67 bits per heavy atom. The van der Waals surface area contributed by atoms with Crippen LogP contribution in [-0.4, -0.2) is 17.0 Å². The molecule has 1 N–H and O–H groups in total. The minimum atomic E-state index is -0.260. The molecule has 54 valence electrons. The van der Waals surface area contributed by atoms with Gasteiger partial charge in [0.05, 0.1) is 6.10 Å². The molecule has 0 saturated carbocycles. The van der Waals surface area contributed by atoms with Crippen molar-refractivity contribution in [2.24, 2.45) is 0 Å². The summed E-state index contributed by atoms with van der Waals surface area (Å²) in [5.74, 6) is 0.204. The molecule has 1 atom stereocenters. The molecule has 0 aliphatic heterocycles. The smallest absolute Gasteiger partial charge is 0.129 e. The Labute approximate surface area is 55.9 Å². The number of aliphatic hydroxyl groups excluding tert-OH is 1. The fourth-order valence-corrected chi connectivity index (χ4v) is 0.646. The van der Waals surface area contributed by atoms with E-state index in [1.54, 1.807) is 13.8 Å². The number of rotatable bonds is 4. The first kappa shape index (κ1) is 8.63. The van der Waals surface area contributed by atoms with Crippen molar-refractivity contribution in [3.63, 3.8) is 0 Å². The van der Waals surface area contributed by atoms with Gasteiger partial charge in [-0.25, -0.2) is 0 Å². The van der Waals surface area contributed by atoms with E-state index in [9.17, 15) is 4.79 Å². The highest BCUT2D eigenvalue weighted by Crippen LogP contribution is 1.99. The van der Waals surface area contributed by atoms with Gasteiger partial charge in [0, 0.05) is 6.42 Å². The lowest BCUT2D eigenvalue weighted by Gasteiger charge is -1.99. The summed E-state index contributed by atoms with van der Waals surface area (Å²) < 4.78 is 0. The minimum absolute atomic E-state index is 0.204. The van der Waals surface area contributed by atoms with Crippen molar-refractivity contribution < 1.29 is 9.90 Å². The Balaban J connectivity index is 3.01. The Hall–Kier alpha value is -0.370. The van der Waals surface area contributed by atoms with Crippen LogP contribution in [0.15, 0.2) is 0 Å². The predicted molar refractivity (Wildman–Crippen MR) is 36.2 cm³/mol. The largest absolute Gasteiger partial charge is 0.393 e. The second kappa shape index (κ2) is 4.50. The molecule has 0 rings (SSSR count). The summed E-state index contributed by atoms with van der Waals surface area (Å²) in [6.45, 7) is 3.31. The highest BCUT2D eigenvalue weighted by molar-refractivity contribution is 5.75. The van der Waals surface area contributed by atoms with Crippen molar-refractivity contribution >= 4 is 5.78 Å². The van der Waals surface area contributed by atoms with E-state index in [1.807, 2.05) is 0 Å². The zero-order chi connectivity index (χ0) is 7.28. The van der Waals surface area contributed by atoms with Gasteiger partial charge in [-0.3, -0.25) is 0 Å². The van der Waals surface area contributed by atoms with Crippen LogP contribution in [0.1, 0.15) is 33.1 Å². The first-order valence-electron chi connectivity index (χ1n) is 3.30. The van der Waals surface area contributed by atoms with Gasteiger partial charge in [0.1, 0.15) is 5.78 Å². The molecule has 0 aromatic carbocycles. The van der Waals surface area contributed by atoms with Crippen molar-refractivity contribution in [3.05, 3.63) is 0 Å². The molecule has 0 spiro atoms. The molecular weight excluding hydrogens is 116 g/mol. The number of aliphatic hydroxyl groups is 1. The van der Waals surface area contributed by atoms with E-state index < -0.39 is 0 Å². The zero-order valence-corrected chi connectivity index (χ0v) is 6.05. The molecule has 0 radical (unpaired) electrons. The highest BCUT2D eigenvalue weighted by atomic mass is 16.3. The van der Waals surface area contributed by atoms with Gasteiger partial charge in [-0.2, -0.15) is 0 Å². The summed E-state index contributed by atoms with van der Waals surface area (Å²) >= 11 is 0. The third-order valence-electron chi connectivity index (χ3n) is 1.15. The van der Waals surface area contributed by atoms with Gasteiger partial charge in [-0.05, 0) is 26.7 Å². The normalized spacial score (nSPS) is 13.2. The predicted octanol–water partition coefficient (Wildman–Crippen LogP) is 1.13. The molecule has 2 heteroatoms. The number of hydrogen-bond donors (Lipinski definition) is 1. The summed E-state index contributed by atoms with van der Waals surface area (Å²) in [5.41, 5.74) is 0. The van der Waals surface area contributed by atoms with Crippen molar-refractivity contribution in [2.75, 3.05) is 0 Å². The fourth-order valence-electron chi connectivity index (χ4n) is 0.646. The second-order valence-electron chi connectivity index (χ2n) is 2.44. The Morgan fingerprint density at radius 3 is 2.56 bits per heavy atom. The maximum absolute atomic E-state index is 10.3. The molecule has 0 amide bonds. The maximum atomic E-state index is 10.3. The number of ketones is 1. The van der Waals surface area contributed by atoms with Crippen molar-refractivity contribution in [3.8, 4) is 0 Å². The molecule has 0 fully saturated rings. The summed E-state index contributed by atoms with van der Waals surface area (Å²) in [4.78, 5) is 10.3. The lowest BCUT2D eigenvalue weighted by atomic mass is 10.1. The van der Waals surface area contributed by atoms with E-state index in [0.29, 0.717) is 6.42 Å². The maximum Gasteiger partial charge on any atom is 0.129 e. The molecule has 0 aromatic rings. The Morgan fingerprint density at radius 2 is 2.22 bits per heavy atom. The van der Waals surface area contributed by atoms with Crippen LogP contribution in [0.4, 0.5) is 0 Å². The topological polar surface area (TPSA) is 37.3 Å². The monoisotopic (exact) mass is 130 g/mol. The number of Topliss-reactive ketones (excluding diaryl/α,β-unsaturated/α-hetero) is 1. The summed E-state index contributed by atoms with van der Waals surface area (Å²) in [7, 11) is 0. The third-order valence-corrected chi connectivity index (χ3v) is 1.15. The van der Waals surface area contributed by atoms with Crippen LogP contribution < -0.4 is 0 Å². The van der Waals surface area contributed by atoms with Gasteiger partial charge < -0.3 is 9.90 Å². The molecule has 0 saturated heterocycles. The second-order valence-corrected chi connectivity index (χ2v) is 2.44. The summed E-state index contributed by atoms with van der Waals surface area (Å²) in [6, 6.07) is 0. The molecule has 2 nitrogen and oxygen atoms in total. The molecule has 0 aliphatic rings. The molecular formula is C7H14O2. The SMILES string of the molecule is CC(=O)CCCC(C)O. The first-order chi connectivity index (χ1) is 4.13. The van der Waals surface area contributed by atoms with Gasteiger partial charge in [-0.1, -0.05) is 0 Å². The lowest BCUT2D eigenvalue weighted by Crippen LogP contribution is -2.00. The van der Waals surface area contributed by atoms with Crippen LogP contribution in [-0.2, 0) is 4.79 Å². The van der Waals surface area contributed by atoms with Gasteiger partial charge in [0.2, 0.25) is 0 Å². The van der Waals surface area contributed by atoms with E-state index in [1.165, 1.54) is 0 Å². The average Bonchev–Trinajstić information content (AvgIpc) is 1.63. The van der Waals surface area contributed by atoms with Crippen molar-refractivity contribution in [2.45, 2.75) is 39.2 Å². The third kappa shape index (κ3) is 7.63. The summed E-state index contributed by atoms with van der Waals surface area (Å²) in [6.07, 6.45) is 1.89. The Kier molecular flexibility index (Phi) is 4.32. The summed E-state index contributed by atoms with van der Waals surface area (Å²) in [5, 5.41) is 8.75. The molecule has 0 aliphatic carbocycles. The number of carbonyl (C=O) groups excluding carboxylic acids is 1. The van der Waals surface area contributed by atoms with Crippen LogP contribution >= 0.6 is 0 Å². The zero-order valence-electron chi connectivity index (χ0n) is 6.05. The van der Waals surface area contributed by atoms with Crippen LogP contribution in [0.2, 0.25) is 0 Å². The van der Waals surface area contributed by atoms with Gasteiger partial charge >= 0.3 is 0 Å². The lowest BCUT2D eigenvalue weighted by molar-refractivity contribution is -0.117. The van der Waals surface area contributed by atoms with Gasteiger partial charge in [0.25, 0.3) is 0 Å². The van der Waals surface area contributed by atoms with Crippen LogP contribution in [0, 0.1) is 0 Å².